The van der Waals surface area contributed by atoms with Gasteiger partial charge in [0.1, 0.15) is 0 Å². The van der Waals surface area contributed by atoms with E-state index in [2.05, 4.69) is 19.2 Å². The van der Waals surface area contributed by atoms with Crippen LogP contribution in [0.1, 0.15) is 44.7 Å². The van der Waals surface area contributed by atoms with Crippen LogP contribution in [0.5, 0.6) is 11.5 Å². The Morgan fingerprint density at radius 2 is 1.85 bits per heavy atom. The summed E-state index contributed by atoms with van der Waals surface area (Å²) in [5.74, 6) is 2.01. The van der Waals surface area contributed by atoms with Crippen LogP contribution in [-0.2, 0) is 0 Å². The first-order valence-electron chi connectivity index (χ1n) is 7.12. The van der Waals surface area contributed by atoms with Crippen LogP contribution in [0.25, 0.3) is 0 Å². The van der Waals surface area contributed by atoms with Gasteiger partial charge in [0.25, 0.3) is 0 Å². The van der Waals surface area contributed by atoms with E-state index in [4.69, 9.17) is 21.1 Å². The summed E-state index contributed by atoms with van der Waals surface area (Å²) >= 11 is 6.27. The van der Waals surface area contributed by atoms with E-state index in [1.54, 1.807) is 14.2 Å². The van der Waals surface area contributed by atoms with E-state index in [0.29, 0.717) is 16.5 Å². The maximum absolute atomic E-state index is 6.27. The molecule has 0 spiro atoms. The van der Waals surface area contributed by atoms with Crippen molar-refractivity contribution in [2.75, 3.05) is 21.3 Å². The highest BCUT2D eigenvalue weighted by Crippen LogP contribution is 2.38. The number of halogens is 1. The van der Waals surface area contributed by atoms with Gasteiger partial charge >= 0.3 is 0 Å². The van der Waals surface area contributed by atoms with Gasteiger partial charge in [-0.05, 0) is 37.1 Å². The van der Waals surface area contributed by atoms with E-state index >= 15 is 0 Å². The molecule has 0 aliphatic rings. The Balaban J connectivity index is 2.89. The van der Waals surface area contributed by atoms with Crippen LogP contribution in [0.15, 0.2) is 12.1 Å². The molecule has 0 fully saturated rings. The van der Waals surface area contributed by atoms with E-state index in [0.717, 1.165) is 17.9 Å². The molecule has 0 aliphatic heterocycles. The Kier molecular flexibility index (Phi) is 7.17. The number of methoxy groups -OCH3 is 2. The van der Waals surface area contributed by atoms with Crippen molar-refractivity contribution in [2.45, 2.75) is 39.2 Å². The third-order valence-corrected chi connectivity index (χ3v) is 3.76. The molecule has 1 N–H and O–H groups in total. The predicted molar refractivity (Wildman–Crippen MR) is 85.0 cm³/mol. The molecule has 0 aromatic heterocycles. The summed E-state index contributed by atoms with van der Waals surface area (Å²) in [6, 6.07) is 4.24. The minimum Gasteiger partial charge on any atom is -0.493 e. The molecule has 20 heavy (non-hydrogen) atoms. The van der Waals surface area contributed by atoms with Crippen LogP contribution < -0.4 is 14.8 Å². The Morgan fingerprint density at radius 1 is 1.15 bits per heavy atom. The van der Waals surface area contributed by atoms with Crippen molar-refractivity contribution in [2.24, 2.45) is 5.92 Å². The van der Waals surface area contributed by atoms with Crippen molar-refractivity contribution in [1.29, 1.82) is 0 Å². The van der Waals surface area contributed by atoms with Crippen molar-refractivity contribution in [3.63, 3.8) is 0 Å². The zero-order valence-corrected chi connectivity index (χ0v) is 13.9. The second-order valence-corrected chi connectivity index (χ2v) is 5.81. The smallest absolute Gasteiger partial charge is 0.179 e. The summed E-state index contributed by atoms with van der Waals surface area (Å²) in [4.78, 5) is 0. The van der Waals surface area contributed by atoms with Crippen LogP contribution in [0.3, 0.4) is 0 Å². The summed E-state index contributed by atoms with van der Waals surface area (Å²) in [6.07, 6.45) is 3.51. The Labute approximate surface area is 127 Å². The van der Waals surface area contributed by atoms with Gasteiger partial charge in [-0.3, -0.25) is 0 Å². The lowest BCUT2D eigenvalue weighted by Gasteiger charge is -2.19. The fraction of sp³-hybridized carbons (Fsp3) is 0.625. The van der Waals surface area contributed by atoms with Gasteiger partial charge in [-0.25, -0.2) is 0 Å². The van der Waals surface area contributed by atoms with E-state index in [1.807, 2.05) is 19.2 Å². The van der Waals surface area contributed by atoms with Gasteiger partial charge in [-0.1, -0.05) is 38.3 Å². The van der Waals surface area contributed by atoms with Gasteiger partial charge in [-0.2, -0.15) is 0 Å². The lowest BCUT2D eigenvalue weighted by molar-refractivity contribution is 0.353. The van der Waals surface area contributed by atoms with Crippen molar-refractivity contribution >= 4 is 11.6 Å². The number of rotatable bonds is 8. The Bertz CT molecular complexity index is 421. The highest BCUT2D eigenvalue weighted by Gasteiger charge is 2.16. The molecule has 0 heterocycles. The third-order valence-electron chi connectivity index (χ3n) is 3.48. The number of ether oxygens (including phenoxy) is 2. The zero-order chi connectivity index (χ0) is 15.1. The first kappa shape index (κ1) is 17.1. The topological polar surface area (TPSA) is 30.5 Å². The van der Waals surface area contributed by atoms with Gasteiger partial charge < -0.3 is 14.8 Å². The fourth-order valence-corrected chi connectivity index (χ4v) is 2.64. The van der Waals surface area contributed by atoms with Crippen LogP contribution >= 0.6 is 11.6 Å². The summed E-state index contributed by atoms with van der Waals surface area (Å²) < 4.78 is 10.6. The Hall–Kier alpha value is -0.930. The molecule has 1 unspecified atom stereocenters. The summed E-state index contributed by atoms with van der Waals surface area (Å²) in [5.41, 5.74) is 1.14. The van der Waals surface area contributed by atoms with Crippen LogP contribution in [0.4, 0.5) is 0 Å². The molecule has 0 saturated heterocycles. The first-order valence-corrected chi connectivity index (χ1v) is 7.49. The summed E-state index contributed by atoms with van der Waals surface area (Å²) in [5, 5.41) is 3.94. The number of hydrogen-bond donors (Lipinski definition) is 1. The maximum atomic E-state index is 6.27. The number of nitrogens with one attached hydrogen (secondary N) is 1. The molecule has 3 nitrogen and oxygen atoms in total. The average Bonchev–Trinajstić information content (AvgIpc) is 2.42. The van der Waals surface area contributed by atoms with E-state index in [-0.39, 0.29) is 6.04 Å². The Morgan fingerprint density at radius 3 is 2.35 bits per heavy atom. The second kappa shape index (κ2) is 8.38. The summed E-state index contributed by atoms with van der Waals surface area (Å²) in [7, 11) is 5.21. The van der Waals surface area contributed by atoms with E-state index < -0.39 is 0 Å². The highest BCUT2D eigenvalue weighted by molar-refractivity contribution is 6.32. The van der Waals surface area contributed by atoms with E-state index in [9.17, 15) is 0 Å². The van der Waals surface area contributed by atoms with Gasteiger partial charge in [0.05, 0.1) is 19.2 Å². The minimum atomic E-state index is 0.283. The molecular formula is C16H26ClNO2. The highest BCUT2D eigenvalue weighted by atomic mass is 35.5. The average molecular weight is 300 g/mol. The second-order valence-electron chi connectivity index (χ2n) is 5.40. The molecule has 4 heteroatoms. The molecule has 0 radical (unpaired) electrons. The molecular weight excluding hydrogens is 274 g/mol. The van der Waals surface area contributed by atoms with Gasteiger partial charge in [0, 0.05) is 6.04 Å². The molecule has 1 rings (SSSR count). The monoisotopic (exact) mass is 299 g/mol. The molecule has 0 amide bonds. The molecule has 1 aromatic carbocycles. The van der Waals surface area contributed by atoms with Crippen molar-refractivity contribution < 1.29 is 9.47 Å². The van der Waals surface area contributed by atoms with Gasteiger partial charge in [0.15, 0.2) is 11.5 Å². The fourth-order valence-electron chi connectivity index (χ4n) is 2.35. The standard InChI is InChI=1S/C16H26ClNO2/c1-11(2)7-6-8-14(18-3)12-9-13(17)16(20-5)15(10-12)19-4/h9-11,14,18H,6-8H2,1-5H3. The minimum absolute atomic E-state index is 0.283. The molecule has 114 valence electrons. The maximum Gasteiger partial charge on any atom is 0.179 e. The molecule has 1 atom stereocenters. The van der Waals surface area contributed by atoms with Crippen molar-refractivity contribution in [1.82, 2.24) is 5.32 Å². The van der Waals surface area contributed by atoms with Crippen LogP contribution in [0, 0.1) is 5.92 Å². The zero-order valence-electron chi connectivity index (χ0n) is 13.1. The molecule has 0 saturated carbocycles. The quantitative estimate of drug-likeness (QED) is 0.769. The SMILES string of the molecule is CNC(CCCC(C)C)c1cc(Cl)c(OC)c(OC)c1. The lowest BCUT2D eigenvalue weighted by Crippen LogP contribution is -2.16. The van der Waals surface area contributed by atoms with Gasteiger partial charge in [-0.15, -0.1) is 0 Å². The predicted octanol–water partition coefficient (Wildman–Crippen LogP) is 4.44. The molecule has 0 bridgehead atoms. The number of hydrogen-bond acceptors (Lipinski definition) is 3. The first-order chi connectivity index (χ1) is 9.53. The molecule has 1 aromatic rings. The van der Waals surface area contributed by atoms with Gasteiger partial charge in [0.2, 0.25) is 0 Å². The number of benzene rings is 1. The molecule has 0 aliphatic carbocycles. The van der Waals surface area contributed by atoms with Crippen molar-refractivity contribution in [3.05, 3.63) is 22.7 Å². The summed E-state index contributed by atoms with van der Waals surface area (Å²) in [6.45, 7) is 4.50. The lowest BCUT2D eigenvalue weighted by atomic mass is 9.98. The normalized spacial score (nSPS) is 12.6. The third kappa shape index (κ3) is 4.57. The van der Waals surface area contributed by atoms with Crippen molar-refractivity contribution in [3.8, 4) is 11.5 Å². The van der Waals surface area contributed by atoms with Crippen LogP contribution in [0.2, 0.25) is 5.02 Å². The van der Waals surface area contributed by atoms with Crippen LogP contribution in [-0.4, -0.2) is 21.3 Å². The van der Waals surface area contributed by atoms with E-state index in [1.165, 1.54) is 12.8 Å². The largest absolute Gasteiger partial charge is 0.493 e.